The highest BCUT2D eigenvalue weighted by Crippen LogP contribution is 2.12. The maximum Gasteiger partial charge on any atom is 0.223 e. The molecule has 1 fully saturated rings. The molecule has 148 valence electrons. The Morgan fingerprint density at radius 3 is 1.85 bits per heavy atom. The summed E-state index contributed by atoms with van der Waals surface area (Å²) in [6, 6.07) is 7.61. The van der Waals surface area contributed by atoms with Gasteiger partial charge in [-0.15, -0.1) is 0 Å². The Balaban J connectivity index is 1.74. The van der Waals surface area contributed by atoms with Crippen LogP contribution in [0.25, 0.3) is 0 Å². The summed E-state index contributed by atoms with van der Waals surface area (Å²) < 4.78 is 0. The Bertz CT molecular complexity index is 644. The van der Waals surface area contributed by atoms with Crippen LogP contribution >= 0.6 is 0 Å². The third-order valence-electron chi connectivity index (χ3n) is 5.17. The molecule has 1 heterocycles. The average molecular weight is 373 g/mol. The van der Waals surface area contributed by atoms with Gasteiger partial charge in [0.2, 0.25) is 11.8 Å². The number of nitrogens with zero attached hydrogens (tertiary/aromatic N) is 2. The predicted molar refractivity (Wildman–Crippen MR) is 107 cm³/mol. The SMILES string of the molecule is CCc1ccc(C(=O)CCC(=O)N2CCN(C(=O)CCC(C)C)CC2)cc1. The molecule has 0 radical (unpaired) electrons. The molecule has 1 saturated heterocycles. The van der Waals surface area contributed by atoms with Crippen LogP contribution < -0.4 is 0 Å². The summed E-state index contributed by atoms with van der Waals surface area (Å²) in [5.74, 6) is 0.713. The number of amides is 2. The largest absolute Gasteiger partial charge is 0.339 e. The average Bonchev–Trinajstić information content (AvgIpc) is 2.70. The lowest BCUT2D eigenvalue weighted by molar-refractivity contribution is -0.139. The summed E-state index contributed by atoms with van der Waals surface area (Å²) in [5, 5.41) is 0. The summed E-state index contributed by atoms with van der Waals surface area (Å²) in [4.78, 5) is 40.5. The van der Waals surface area contributed by atoms with Crippen LogP contribution in [0.1, 0.15) is 62.4 Å². The Morgan fingerprint density at radius 1 is 0.852 bits per heavy atom. The molecule has 0 spiro atoms. The topological polar surface area (TPSA) is 57.7 Å². The molecule has 5 heteroatoms. The van der Waals surface area contributed by atoms with Crippen molar-refractivity contribution in [3.63, 3.8) is 0 Å². The first kappa shape index (κ1) is 21.1. The number of carbonyl (C=O) groups excluding carboxylic acids is 3. The summed E-state index contributed by atoms with van der Waals surface area (Å²) in [6.45, 7) is 8.61. The minimum absolute atomic E-state index is 0.00260. The normalized spacial score (nSPS) is 14.5. The second kappa shape index (κ2) is 10.2. The number of hydrogen-bond donors (Lipinski definition) is 0. The number of carbonyl (C=O) groups is 3. The molecule has 0 atom stereocenters. The number of hydrogen-bond acceptors (Lipinski definition) is 3. The quantitative estimate of drug-likeness (QED) is 0.658. The number of rotatable bonds is 8. The fraction of sp³-hybridized carbons (Fsp3) is 0.591. The molecular weight excluding hydrogens is 340 g/mol. The van der Waals surface area contributed by atoms with Crippen molar-refractivity contribution >= 4 is 17.6 Å². The number of aryl methyl sites for hydroxylation is 1. The van der Waals surface area contributed by atoms with Gasteiger partial charge >= 0.3 is 0 Å². The van der Waals surface area contributed by atoms with Crippen molar-refractivity contribution in [2.75, 3.05) is 26.2 Å². The third-order valence-corrected chi connectivity index (χ3v) is 5.17. The number of Topliss-reactive ketones (excluding diaryl/α,β-unsaturated/α-hetero) is 1. The minimum atomic E-state index is 0.00260. The molecule has 1 aromatic rings. The van der Waals surface area contributed by atoms with E-state index in [0.29, 0.717) is 44.1 Å². The van der Waals surface area contributed by atoms with Crippen molar-refractivity contribution in [1.82, 2.24) is 9.80 Å². The highest BCUT2D eigenvalue weighted by molar-refractivity contribution is 5.98. The van der Waals surface area contributed by atoms with Gasteiger partial charge in [-0.25, -0.2) is 0 Å². The first-order chi connectivity index (χ1) is 12.9. The number of benzene rings is 1. The van der Waals surface area contributed by atoms with E-state index >= 15 is 0 Å². The molecule has 0 aliphatic carbocycles. The zero-order chi connectivity index (χ0) is 19.8. The van der Waals surface area contributed by atoms with Crippen molar-refractivity contribution in [3.8, 4) is 0 Å². The maximum absolute atomic E-state index is 12.4. The van der Waals surface area contributed by atoms with Gasteiger partial charge in [-0.05, 0) is 24.3 Å². The number of piperazine rings is 1. The van der Waals surface area contributed by atoms with Gasteiger partial charge in [-0.3, -0.25) is 14.4 Å². The molecule has 0 aromatic heterocycles. The van der Waals surface area contributed by atoms with Crippen LogP contribution in [0.2, 0.25) is 0 Å². The van der Waals surface area contributed by atoms with E-state index in [1.54, 1.807) is 4.90 Å². The van der Waals surface area contributed by atoms with E-state index in [-0.39, 0.29) is 30.4 Å². The van der Waals surface area contributed by atoms with E-state index in [0.717, 1.165) is 12.8 Å². The standard InChI is InChI=1S/C22H32N2O3/c1-4-18-6-8-19(9-7-18)20(25)10-12-22(27)24-15-13-23(14-16-24)21(26)11-5-17(2)3/h6-9,17H,4-5,10-16H2,1-3H3. The molecule has 0 unspecified atom stereocenters. The molecule has 0 N–H and O–H groups in total. The Kier molecular flexibility index (Phi) is 8.01. The molecule has 1 aliphatic heterocycles. The molecule has 2 amide bonds. The smallest absolute Gasteiger partial charge is 0.223 e. The lowest BCUT2D eigenvalue weighted by Crippen LogP contribution is -2.50. The Hall–Kier alpha value is -2.17. The van der Waals surface area contributed by atoms with Crippen LogP contribution in [-0.2, 0) is 16.0 Å². The highest BCUT2D eigenvalue weighted by atomic mass is 16.2. The zero-order valence-corrected chi connectivity index (χ0v) is 16.9. The van der Waals surface area contributed by atoms with Crippen LogP contribution in [0, 0.1) is 5.92 Å². The van der Waals surface area contributed by atoms with Crippen LogP contribution in [0.4, 0.5) is 0 Å². The van der Waals surface area contributed by atoms with Crippen LogP contribution in [0.15, 0.2) is 24.3 Å². The predicted octanol–water partition coefficient (Wildman–Crippen LogP) is 3.32. The molecule has 2 rings (SSSR count). The van der Waals surface area contributed by atoms with Crippen LogP contribution in [0.5, 0.6) is 0 Å². The van der Waals surface area contributed by atoms with Crippen molar-refractivity contribution < 1.29 is 14.4 Å². The molecule has 0 saturated carbocycles. The van der Waals surface area contributed by atoms with Crippen molar-refractivity contribution in [3.05, 3.63) is 35.4 Å². The fourth-order valence-electron chi connectivity index (χ4n) is 3.22. The van der Waals surface area contributed by atoms with Gasteiger partial charge < -0.3 is 9.80 Å². The van der Waals surface area contributed by atoms with Gasteiger partial charge in [0.25, 0.3) is 0 Å². The highest BCUT2D eigenvalue weighted by Gasteiger charge is 2.24. The first-order valence-corrected chi connectivity index (χ1v) is 10.1. The van der Waals surface area contributed by atoms with E-state index in [4.69, 9.17) is 0 Å². The second-order valence-corrected chi connectivity index (χ2v) is 7.67. The molecular formula is C22H32N2O3. The summed E-state index contributed by atoms with van der Waals surface area (Å²) in [7, 11) is 0. The monoisotopic (exact) mass is 372 g/mol. The molecule has 1 aliphatic rings. The first-order valence-electron chi connectivity index (χ1n) is 10.1. The summed E-state index contributed by atoms with van der Waals surface area (Å²) in [6.07, 6.45) is 2.89. The van der Waals surface area contributed by atoms with E-state index in [2.05, 4.69) is 20.8 Å². The maximum atomic E-state index is 12.4. The van der Waals surface area contributed by atoms with E-state index in [9.17, 15) is 14.4 Å². The molecule has 27 heavy (non-hydrogen) atoms. The second-order valence-electron chi connectivity index (χ2n) is 7.67. The van der Waals surface area contributed by atoms with Crippen molar-refractivity contribution in [2.24, 2.45) is 5.92 Å². The Labute approximate surface area is 162 Å². The van der Waals surface area contributed by atoms with E-state index in [1.807, 2.05) is 29.2 Å². The van der Waals surface area contributed by atoms with Gasteiger partial charge in [0.1, 0.15) is 0 Å². The summed E-state index contributed by atoms with van der Waals surface area (Å²) in [5.41, 5.74) is 1.86. The Morgan fingerprint density at radius 2 is 1.37 bits per heavy atom. The number of ketones is 1. The van der Waals surface area contributed by atoms with Gasteiger partial charge in [0.05, 0.1) is 0 Å². The molecule has 0 bridgehead atoms. The molecule has 1 aromatic carbocycles. The van der Waals surface area contributed by atoms with Gasteiger partial charge in [0, 0.05) is 51.0 Å². The van der Waals surface area contributed by atoms with Gasteiger partial charge in [0.15, 0.2) is 5.78 Å². The minimum Gasteiger partial charge on any atom is -0.339 e. The van der Waals surface area contributed by atoms with E-state index in [1.165, 1.54) is 5.56 Å². The zero-order valence-electron chi connectivity index (χ0n) is 16.9. The molecule has 5 nitrogen and oxygen atoms in total. The van der Waals surface area contributed by atoms with Gasteiger partial charge in [-0.1, -0.05) is 45.0 Å². The fourth-order valence-corrected chi connectivity index (χ4v) is 3.22. The van der Waals surface area contributed by atoms with Crippen LogP contribution in [-0.4, -0.2) is 53.6 Å². The van der Waals surface area contributed by atoms with Crippen molar-refractivity contribution in [1.29, 1.82) is 0 Å². The lowest BCUT2D eigenvalue weighted by atomic mass is 10.0. The van der Waals surface area contributed by atoms with Gasteiger partial charge in [-0.2, -0.15) is 0 Å². The third kappa shape index (κ3) is 6.49. The van der Waals surface area contributed by atoms with E-state index < -0.39 is 0 Å². The lowest BCUT2D eigenvalue weighted by Gasteiger charge is -2.35. The summed E-state index contributed by atoms with van der Waals surface area (Å²) >= 11 is 0. The van der Waals surface area contributed by atoms with Crippen LogP contribution in [0.3, 0.4) is 0 Å². The van der Waals surface area contributed by atoms with Crippen molar-refractivity contribution in [2.45, 2.75) is 52.9 Å².